The van der Waals surface area contributed by atoms with Gasteiger partial charge in [0.05, 0.1) is 11.3 Å². The third-order valence-corrected chi connectivity index (χ3v) is 6.32. The molecule has 1 amide bonds. The maximum absolute atomic E-state index is 13.2. The van der Waals surface area contributed by atoms with Gasteiger partial charge in [-0.1, -0.05) is 66.3 Å². The first-order valence-corrected chi connectivity index (χ1v) is 11.3. The van der Waals surface area contributed by atoms with Crippen LogP contribution in [0.25, 0.3) is 23.5 Å². The lowest BCUT2D eigenvalue weighted by molar-refractivity contribution is 0.0984. The molecule has 1 aromatic heterocycles. The summed E-state index contributed by atoms with van der Waals surface area (Å²) < 4.78 is 5.42. The first-order valence-electron chi connectivity index (χ1n) is 10.5. The van der Waals surface area contributed by atoms with Crippen LogP contribution in [0.2, 0.25) is 0 Å². The van der Waals surface area contributed by atoms with Gasteiger partial charge in [0, 0.05) is 28.0 Å². The number of carbonyl (C=O) groups is 1. The topological polar surface area (TPSA) is 59.2 Å². The maximum atomic E-state index is 13.2. The zero-order chi connectivity index (χ0) is 21.9. The minimum Gasteiger partial charge on any atom is -0.334 e. The fourth-order valence-corrected chi connectivity index (χ4v) is 4.78. The minimum absolute atomic E-state index is 0.0364. The smallest absolute Gasteiger partial charge is 0.259 e. The second kappa shape index (κ2) is 8.85. The number of hydrogen-bond donors (Lipinski definition) is 0. The number of amides is 1. The molecule has 6 heteroatoms. The quantitative estimate of drug-likeness (QED) is 0.359. The van der Waals surface area contributed by atoms with Crippen molar-refractivity contribution in [1.29, 1.82) is 0 Å². The van der Waals surface area contributed by atoms with Gasteiger partial charge < -0.3 is 9.42 Å². The van der Waals surface area contributed by atoms with Crippen molar-refractivity contribution in [3.05, 3.63) is 89.8 Å². The van der Waals surface area contributed by atoms with Gasteiger partial charge in [0.1, 0.15) is 0 Å². The van der Waals surface area contributed by atoms with E-state index in [9.17, 15) is 4.79 Å². The summed E-state index contributed by atoms with van der Waals surface area (Å²) >= 11 is 1.60. The molecule has 5 rings (SSSR count). The van der Waals surface area contributed by atoms with Crippen molar-refractivity contribution in [3.63, 3.8) is 0 Å². The number of aromatic nitrogens is 2. The van der Waals surface area contributed by atoms with Crippen molar-refractivity contribution in [1.82, 2.24) is 10.1 Å². The number of carbonyl (C=O) groups excluding carboxylic acids is 1. The van der Waals surface area contributed by atoms with E-state index in [0.29, 0.717) is 18.3 Å². The Morgan fingerprint density at radius 3 is 2.62 bits per heavy atom. The third kappa shape index (κ3) is 3.97. The van der Waals surface area contributed by atoms with Crippen molar-refractivity contribution in [3.8, 4) is 11.4 Å². The summed E-state index contributed by atoms with van der Waals surface area (Å²) in [5.74, 6) is 1.00. The minimum atomic E-state index is 0.0364. The predicted octanol–water partition coefficient (Wildman–Crippen LogP) is 6.43. The number of hydrogen-bond acceptors (Lipinski definition) is 5. The molecule has 0 unspecified atom stereocenters. The summed E-state index contributed by atoms with van der Waals surface area (Å²) in [6, 6.07) is 23.7. The molecule has 5 nitrogen and oxygen atoms in total. The van der Waals surface area contributed by atoms with E-state index in [4.69, 9.17) is 4.52 Å². The van der Waals surface area contributed by atoms with E-state index >= 15 is 0 Å². The highest BCUT2D eigenvalue weighted by atomic mass is 32.2. The second-order valence-corrected chi connectivity index (χ2v) is 8.52. The van der Waals surface area contributed by atoms with E-state index < -0.39 is 0 Å². The van der Waals surface area contributed by atoms with Gasteiger partial charge in [-0.15, -0.1) is 0 Å². The van der Waals surface area contributed by atoms with Crippen LogP contribution < -0.4 is 4.90 Å². The highest BCUT2D eigenvalue weighted by Gasteiger charge is 2.27. The Morgan fingerprint density at radius 2 is 1.78 bits per heavy atom. The Morgan fingerprint density at radius 1 is 0.969 bits per heavy atom. The number of fused-ring (bicyclic) bond motifs is 2. The molecule has 0 N–H and O–H groups in total. The Balaban J connectivity index is 1.49. The monoisotopic (exact) mass is 439 g/mol. The molecule has 0 atom stereocenters. The van der Waals surface area contributed by atoms with Crippen molar-refractivity contribution in [2.45, 2.75) is 23.1 Å². The van der Waals surface area contributed by atoms with E-state index in [1.54, 1.807) is 11.8 Å². The largest absolute Gasteiger partial charge is 0.334 e. The fourth-order valence-electron chi connectivity index (χ4n) is 3.66. The zero-order valence-electron chi connectivity index (χ0n) is 17.6. The molecule has 158 valence electrons. The average molecular weight is 440 g/mol. The highest BCUT2D eigenvalue weighted by Crippen LogP contribution is 2.42. The van der Waals surface area contributed by atoms with Crippen LogP contribution in [0, 0.1) is 0 Å². The van der Waals surface area contributed by atoms with Crippen molar-refractivity contribution in [2.75, 3.05) is 11.4 Å². The summed E-state index contributed by atoms with van der Waals surface area (Å²) in [7, 11) is 0. The number of rotatable bonds is 5. The van der Waals surface area contributed by atoms with E-state index in [2.05, 4.69) is 17.1 Å². The van der Waals surface area contributed by atoms with Gasteiger partial charge in [0.2, 0.25) is 5.82 Å². The van der Waals surface area contributed by atoms with E-state index in [-0.39, 0.29) is 5.91 Å². The Hall–Kier alpha value is -3.64. The second-order valence-electron chi connectivity index (χ2n) is 7.44. The molecule has 0 radical (unpaired) electrons. The molecule has 4 aromatic rings. The summed E-state index contributed by atoms with van der Waals surface area (Å²) in [5, 5.41) is 4.16. The van der Waals surface area contributed by atoms with Crippen molar-refractivity contribution >= 4 is 35.5 Å². The molecule has 1 aliphatic rings. The van der Waals surface area contributed by atoms with Gasteiger partial charge in [-0.05, 0) is 48.4 Å². The number of anilines is 1. The molecule has 0 bridgehead atoms. The van der Waals surface area contributed by atoms with E-state index in [1.165, 1.54) is 0 Å². The summed E-state index contributed by atoms with van der Waals surface area (Å²) in [5.41, 5.74) is 3.56. The Kier molecular flexibility index (Phi) is 5.60. The molecule has 0 aliphatic carbocycles. The maximum Gasteiger partial charge on any atom is 0.259 e. The Bertz CT molecular complexity index is 1300. The van der Waals surface area contributed by atoms with Gasteiger partial charge >= 0.3 is 0 Å². The van der Waals surface area contributed by atoms with Crippen LogP contribution >= 0.6 is 11.8 Å². The molecular weight excluding hydrogens is 418 g/mol. The average Bonchev–Trinajstić information content (AvgIpc) is 3.27. The fraction of sp³-hybridized carbons (Fsp3) is 0.115. The van der Waals surface area contributed by atoms with Gasteiger partial charge in [0.15, 0.2) is 0 Å². The van der Waals surface area contributed by atoms with Gasteiger partial charge in [-0.2, -0.15) is 4.98 Å². The first-order chi connectivity index (χ1) is 15.7. The van der Waals surface area contributed by atoms with Gasteiger partial charge in [-0.25, -0.2) is 0 Å². The molecule has 32 heavy (non-hydrogen) atoms. The molecule has 0 spiro atoms. The van der Waals surface area contributed by atoms with Crippen LogP contribution in [0.5, 0.6) is 0 Å². The lowest BCUT2D eigenvalue weighted by Crippen LogP contribution is -2.31. The first kappa shape index (κ1) is 20.3. The predicted molar refractivity (Wildman–Crippen MR) is 128 cm³/mol. The van der Waals surface area contributed by atoms with Gasteiger partial charge in [-0.3, -0.25) is 4.79 Å². The lowest BCUT2D eigenvalue weighted by Gasteiger charge is -2.22. The molecule has 0 saturated carbocycles. The third-order valence-electron chi connectivity index (χ3n) is 5.20. The molecule has 0 fully saturated rings. The Labute approximate surface area is 190 Å². The van der Waals surface area contributed by atoms with Crippen LogP contribution in [0.15, 0.2) is 87.1 Å². The van der Waals surface area contributed by atoms with E-state index in [0.717, 1.165) is 38.6 Å². The van der Waals surface area contributed by atoms with Crippen LogP contribution in [0.3, 0.4) is 0 Å². The number of benzene rings is 3. The normalized spacial score (nSPS) is 13.2. The highest BCUT2D eigenvalue weighted by molar-refractivity contribution is 7.99. The van der Waals surface area contributed by atoms with Crippen LogP contribution in [-0.4, -0.2) is 22.6 Å². The molecule has 2 heterocycles. The van der Waals surface area contributed by atoms with Crippen molar-refractivity contribution in [2.24, 2.45) is 0 Å². The summed E-state index contributed by atoms with van der Waals surface area (Å²) in [6.07, 6.45) is 4.62. The van der Waals surface area contributed by atoms with Crippen LogP contribution in [-0.2, 0) is 0 Å². The number of nitrogens with zero attached hydrogens (tertiary/aromatic N) is 3. The SMILES string of the molecule is CCCN1C(=O)c2ccccc2Sc2cc(-c3noc(C=Cc4ccccc4)n3)ccc21. The van der Waals surface area contributed by atoms with Crippen molar-refractivity contribution < 1.29 is 9.32 Å². The van der Waals surface area contributed by atoms with Gasteiger partial charge in [0.25, 0.3) is 11.8 Å². The summed E-state index contributed by atoms with van der Waals surface area (Å²) in [6.45, 7) is 2.74. The summed E-state index contributed by atoms with van der Waals surface area (Å²) in [4.78, 5) is 21.5. The standard InChI is InChI=1S/C26H21N3O2S/c1-2-16-29-21-14-13-19(17-23(21)32-22-11-7-6-10-20(22)26(29)30)25-27-24(31-28-25)15-12-18-8-4-3-5-9-18/h3-15,17H,2,16H2,1H3. The molecule has 0 saturated heterocycles. The van der Waals surface area contributed by atoms with Crippen LogP contribution in [0.4, 0.5) is 5.69 Å². The van der Waals surface area contributed by atoms with E-state index in [1.807, 2.05) is 89.8 Å². The zero-order valence-corrected chi connectivity index (χ0v) is 18.4. The lowest BCUT2D eigenvalue weighted by atomic mass is 10.1. The van der Waals surface area contributed by atoms with Crippen LogP contribution in [0.1, 0.15) is 35.2 Å². The molecular formula is C26H21N3O2S. The molecule has 1 aliphatic heterocycles. The molecule has 3 aromatic carbocycles.